The number of hydrogen-bond donors (Lipinski definition) is 2. The molecule has 21 heavy (non-hydrogen) atoms. The highest BCUT2D eigenvalue weighted by atomic mass is 19.2. The van der Waals surface area contributed by atoms with Crippen LogP contribution in [-0.4, -0.2) is 30.8 Å². The van der Waals surface area contributed by atoms with Crippen molar-refractivity contribution in [2.45, 2.75) is 18.8 Å². The SMILES string of the molecule is Fc1ccc(C2Cc3[nH]nc(-c4nn[nH]n4)c3C2)cc1F. The zero-order valence-electron chi connectivity index (χ0n) is 10.8. The Morgan fingerprint density at radius 1 is 1.10 bits per heavy atom. The van der Waals surface area contributed by atoms with Gasteiger partial charge in [0.15, 0.2) is 11.6 Å². The minimum absolute atomic E-state index is 0.0926. The summed E-state index contributed by atoms with van der Waals surface area (Å²) in [4.78, 5) is 0. The number of halogens is 2. The molecule has 0 radical (unpaired) electrons. The minimum Gasteiger partial charge on any atom is -0.282 e. The number of nitrogens with one attached hydrogen (secondary N) is 2. The first-order valence-corrected chi connectivity index (χ1v) is 6.47. The molecule has 1 aromatic carbocycles. The van der Waals surface area contributed by atoms with Gasteiger partial charge in [-0.15, -0.1) is 10.2 Å². The average molecular weight is 288 g/mol. The van der Waals surface area contributed by atoms with Gasteiger partial charge in [0.2, 0.25) is 5.82 Å². The van der Waals surface area contributed by atoms with Crippen LogP contribution in [0.25, 0.3) is 11.5 Å². The molecule has 1 unspecified atom stereocenters. The summed E-state index contributed by atoms with van der Waals surface area (Å²) in [6.07, 6.45) is 1.38. The van der Waals surface area contributed by atoms with Crippen LogP contribution >= 0.6 is 0 Å². The van der Waals surface area contributed by atoms with Gasteiger partial charge in [-0.3, -0.25) is 5.10 Å². The van der Waals surface area contributed by atoms with Gasteiger partial charge in [-0.25, -0.2) is 8.78 Å². The van der Waals surface area contributed by atoms with Crippen LogP contribution in [0.3, 0.4) is 0 Å². The van der Waals surface area contributed by atoms with Crippen molar-refractivity contribution in [3.63, 3.8) is 0 Å². The van der Waals surface area contributed by atoms with Crippen molar-refractivity contribution < 1.29 is 8.78 Å². The van der Waals surface area contributed by atoms with E-state index < -0.39 is 11.6 Å². The molecule has 8 heteroatoms. The molecule has 3 aromatic rings. The van der Waals surface area contributed by atoms with E-state index in [0.29, 0.717) is 24.4 Å². The van der Waals surface area contributed by atoms with E-state index in [1.165, 1.54) is 6.07 Å². The highest BCUT2D eigenvalue weighted by Gasteiger charge is 2.30. The zero-order valence-corrected chi connectivity index (χ0v) is 10.8. The molecule has 2 aromatic heterocycles. The highest BCUT2D eigenvalue weighted by molar-refractivity contribution is 5.57. The van der Waals surface area contributed by atoms with Crippen LogP contribution < -0.4 is 0 Å². The second kappa shape index (κ2) is 4.44. The summed E-state index contributed by atoms with van der Waals surface area (Å²) >= 11 is 0. The topological polar surface area (TPSA) is 83.1 Å². The lowest BCUT2D eigenvalue weighted by atomic mass is 9.96. The van der Waals surface area contributed by atoms with Crippen molar-refractivity contribution in [2.75, 3.05) is 0 Å². The number of tetrazole rings is 1. The quantitative estimate of drug-likeness (QED) is 0.752. The third kappa shape index (κ3) is 1.91. The lowest BCUT2D eigenvalue weighted by molar-refractivity contribution is 0.505. The van der Waals surface area contributed by atoms with Gasteiger partial charge < -0.3 is 0 Å². The molecule has 6 nitrogen and oxygen atoms in total. The standard InChI is InChI=1S/C13H10F2N6/c14-9-2-1-6(4-10(9)15)7-3-8-11(5-7)16-17-12(8)13-18-20-21-19-13/h1-2,4,7H,3,5H2,(H,16,17)(H,18,19,20,21). The molecule has 0 fully saturated rings. The maximum Gasteiger partial charge on any atom is 0.225 e. The second-order valence-electron chi connectivity index (χ2n) is 5.04. The fourth-order valence-electron chi connectivity index (χ4n) is 2.80. The zero-order chi connectivity index (χ0) is 14.4. The molecule has 2 heterocycles. The van der Waals surface area contributed by atoms with Crippen molar-refractivity contribution in [1.82, 2.24) is 30.8 Å². The van der Waals surface area contributed by atoms with Crippen molar-refractivity contribution in [2.24, 2.45) is 0 Å². The summed E-state index contributed by atoms with van der Waals surface area (Å²) in [5, 5.41) is 20.9. The molecule has 0 aliphatic heterocycles. The van der Waals surface area contributed by atoms with E-state index in [1.54, 1.807) is 6.07 Å². The maximum absolute atomic E-state index is 13.4. The first-order valence-electron chi connectivity index (χ1n) is 6.47. The Kier molecular flexibility index (Phi) is 2.56. The smallest absolute Gasteiger partial charge is 0.225 e. The average Bonchev–Trinajstić information content (AvgIpc) is 3.16. The van der Waals surface area contributed by atoms with E-state index in [1.807, 2.05) is 0 Å². The first-order chi connectivity index (χ1) is 10.2. The molecule has 1 aliphatic rings. The lowest BCUT2D eigenvalue weighted by Crippen LogP contribution is -2.01. The largest absolute Gasteiger partial charge is 0.282 e. The minimum atomic E-state index is -0.829. The molecule has 0 saturated carbocycles. The summed E-state index contributed by atoms with van der Waals surface area (Å²) in [7, 11) is 0. The molecule has 0 saturated heterocycles. The van der Waals surface area contributed by atoms with Gasteiger partial charge in [0, 0.05) is 11.3 Å². The van der Waals surface area contributed by atoms with E-state index >= 15 is 0 Å². The number of H-pyrrole nitrogens is 2. The Labute approximate surface area is 117 Å². The predicted molar refractivity (Wildman–Crippen MR) is 68.3 cm³/mol. The van der Waals surface area contributed by atoms with Crippen molar-refractivity contribution >= 4 is 0 Å². The number of fused-ring (bicyclic) bond motifs is 1. The molecule has 0 amide bonds. The van der Waals surface area contributed by atoms with Gasteiger partial charge in [-0.2, -0.15) is 10.3 Å². The van der Waals surface area contributed by atoms with Gasteiger partial charge in [-0.05, 0) is 41.7 Å². The van der Waals surface area contributed by atoms with Gasteiger partial charge >= 0.3 is 0 Å². The van der Waals surface area contributed by atoms with Gasteiger partial charge in [0.25, 0.3) is 0 Å². The lowest BCUT2D eigenvalue weighted by Gasteiger charge is -2.10. The monoisotopic (exact) mass is 288 g/mol. The van der Waals surface area contributed by atoms with Gasteiger partial charge in [0.1, 0.15) is 5.69 Å². The van der Waals surface area contributed by atoms with Crippen LogP contribution in [0, 0.1) is 11.6 Å². The third-order valence-electron chi connectivity index (χ3n) is 3.83. The molecule has 0 bridgehead atoms. The Hall–Kier alpha value is -2.64. The van der Waals surface area contributed by atoms with E-state index in [-0.39, 0.29) is 5.92 Å². The Balaban J connectivity index is 1.67. The fourth-order valence-corrected chi connectivity index (χ4v) is 2.80. The second-order valence-corrected chi connectivity index (χ2v) is 5.04. The van der Waals surface area contributed by atoms with Crippen molar-refractivity contribution in [3.8, 4) is 11.5 Å². The number of benzene rings is 1. The normalized spacial score (nSPS) is 17.1. The fraction of sp³-hybridized carbons (Fsp3) is 0.231. The Morgan fingerprint density at radius 3 is 2.76 bits per heavy atom. The summed E-state index contributed by atoms with van der Waals surface area (Å²) in [6, 6.07) is 4.04. The first kappa shape index (κ1) is 12.1. The summed E-state index contributed by atoms with van der Waals surface area (Å²) in [5.41, 5.74) is 3.41. The van der Waals surface area contributed by atoms with Crippen LogP contribution in [0.4, 0.5) is 8.78 Å². The molecule has 106 valence electrons. The van der Waals surface area contributed by atoms with Crippen molar-refractivity contribution in [3.05, 3.63) is 46.7 Å². The Bertz CT molecular complexity index is 795. The van der Waals surface area contributed by atoms with E-state index in [0.717, 1.165) is 22.9 Å². The van der Waals surface area contributed by atoms with Crippen molar-refractivity contribution in [1.29, 1.82) is 0 Å². The maximum atomic E-state index is 13.4. The predicted octanol–water partition coefficient (Wildman–Crippen LogP) is 1.75. The van der Waals surface area contributed by atoms with E-state index in [9.17, 15) is 8.78 Å². The molecular weight excluding hydrogens is 278 g/mol. The highest BCUT2D eigenvalue weighted by Crippen LogP contribution is 2.37. The van der Waals surface area contributed by atoms with Crippen LogP contribution in [0.15, 0.2) is 18.2 Å². The molecule has 4 rings (SSSR count). The van der Waals surface area contributed by atoms with Crippen LogP contribution in [0.1, 0.15) is 22.7 Å². The van der Waals surface area contributed by atoms with Gasteiger partial charge in [-0.1, -0.05) is 6.07 Å². The van der Waals surface area contributed by atoms with Crippen LogP contribution in [-0.2, 0) is 12.8 Å². The number of aromatic amines is 2. The summed E-state index contributed by atoms with van der Waals surface area (Å²) in [6.45, 7) is 0. The number of rotatable bonds is 2. The molecule has 1 atom stereocenters. The molecule has 0 spiro atoms. The number of nitrogens with zero attached hydrogens (tertiary/aromatic N) is 4. The van der Waals surface area contributed by atoms with E-state index in [4.69, 9.17) is 0 Å². The van der Waals surface area contributed by atoms with Crippen LogP contribution in [0.5, 0.6) is 0 Å². The number of hydrogen-bond acceptors (Lipinski definition) is 4. The summed E-state index contributed by atoms with van der Waals surface area (Å²) < 4.78 is 26.4. The molecular formula is C13H10F2N6. The van der Waals surface area contributed by atoms with E-state index in [2.05, 4.69) is 30.8 Å². The van der Waals surface area contributed by atoms with Crippen LogP contribution in [0.2, 0.25) is 0 Å². The summed E-state index contributed by atoms with van der Waals surface area (Å²) in [5.74, 6) is -1.13. The third-order valence-corrected chi connectivity index (χ3v) is 3.83. The molecule has 2 N–H and O–H groups in total. The number of aromatic nitrogens is 6. The van der Waals surface area contributed by atoms with Gasteiger partial charge in [0.05, 0.1) is 0 Å². The Morgan fingerprint density at radius 2 is 2.00 bits per heavy atom. The molecule has 1 aliphatic carbocycles.